The maximum absolute atomic E-state index is 11.6. The van der Waals surface area contributed by atoms with Gasteiger partial charge in [0.25, 0.3) is 5.56 Å². The van der Waals surface area contributed by atoms with Crippen LogP contribution in [0.4, 0.5) is 0 Å². The Kier molecular flexibility index (Phi) is 2.94. The average molecular weight is 221 g/mol. The van der Waals surface area contributed by atoms with Crippen LogP contribution in [0.15, 0.2) is 28.5 Å². The van der Waals surface area contributed by atoms with Gasteiger partial charge in [0.1, 0.15) is 5.82 Å². The summed E-state index contributed by atoms with van der Waals surface area (Å²) in [5.41, 5.74) is 5.92. The van der Waals surface area contributed by atoms with Crippen molar-refractivity contribution in [1.29, 1.82) is 0 Å². The van der Waals surface area contributed by atoms with Crippen LogP contribution in [0.2, 0.25) is 0 Å². The van der Waals surface area contributed by atoms with Crippen molar-refractivity contribution < 1.29 is 0 Å². The van der Waals surface area contributed by atoms with Gasteiger partial charge in [-0.3, -0.25) is 4.79 Å². The third-order valence-electron chi connectivity index (χ3n) is 2.04. The van der Waals surface area contributed by atoms with E-state index in [4.69, 9.17) is 5.73 Å². The first-order chi connectivity index (χ1) is 7.31. The molecule has 0 unspecified atom stereocenters. The van der Waals surface area contributed by atoms with E-state index in [1.165, 1.54) is 0 Å². The van der Waals surface area contributed by atoms with E-state index in [-0.39, 0.29) is 5.56 Å². The van der Waals surface area contributed by atoms with Gasteiger partial charge in [0.05, 0.1) is 4.88 Å². The topological polar surface area (TPSA) is 71.8 Å². The monoisotopic (exact) mass is 221 g/mol. The molecule has 0 aliphatic heterocycles. The zero-order valence-corrected chi connectivity index (χ0v) is 8.88. The van der Waals surface area contributed by atoms with Gasteiger partial charge < -0.3 is 10.7 Å². The number of nitrogens with zero attached hydrogens (tertiary/aromatic N) is 1. The molecule has 0 fully saturated rings. The fourth-order valence-electron chi connectivity index (χ4n) is 1.29. The van der Waals surface area contributed by atoms with Crippen LogP contribution in [-0.2, 0) is 6.42 Å². The SMILES string of the molecule is NCCc1cnc(-c2cccs2)[nH]c1=O. The lowest BCUT2D eigenvalue weighted by Gasteiger charge is -1.99. The van der Waals surface area contributed by atoms with Gasteiger partial charge in [-0.25, -0.2) is 4.98 Å². The highest BCUT2D eigenvalue weighted by molar-refractivity contribution is 7.13. The number of nitrogens with one attached hydrogen (secondary N) is 1. The third-order valence-corrected chi connectivity index (χ3v) is 2.92. The van der Waals surface area contributed by atoms with E-state index in [0.29, 0.717) is 24.4 Å². The molecule has 0 saturated carbocycles. The Morgan fingerprint density at radius 1 is 1.53 bits per heavy atom. The normalized spacial score (nSPS) is 10.5. The minimum Gasteiger partial charge on any atom is -0.330 e. The van der Waals surface area contributed by atoms with Gasteiger partial charge in [-0.2, -0.15) is 0 Å². The van der Waals surface area contributed by atoms with Gasteiger partial charge in [-0.05, 0) is 24.4 Å². The molecular weight excluding hydrogens is 210 g/mol. The van der Waals surface area contributed by atoms with Crippen molar-refractivity contribution in [2.45, 2.75) is 6.42 Å². The second kappa shape index (κ2) is 4.37. The van der Waals surface area contributed by atoms with Crippen molar-refractivity contribution in [2.75, 3.05) is 6.54 Å². The lowest BCUT2D eigenvalue weighted by Crippen LogP contribution is -2.17. The first-order valence-electron chi connectivity index (χ1n) is 4.63. The van der Waals surface area contributed by atoms with E-state index in [1.54, 1.807) is 17.5 Å². The van der Waals surface area contributed by atoms with E-state index in [9.17, 15) is 4.79 Å². The molecule has 0 bridgehead atoms. The summed E-state index contributed by atoms with van der Waals surface area (Å²) < 4.78 is 0. The van der Waals surface area contributed by atoms with Gasteiger partial charge in [-0.1, -0.05) is 6.07 Å². The maximum Gasteiger partial charge on any atom is 0.254 e. The largest absolute Gasteiger partial charge is 0.330 e. The number of nitrogens with two attached hydrogens (primary N) is 1. The van der Waals surface area contributed by atoms with Gasteiger partial charge in [0.2, 0.25) is 0 Å². The average Bonchev–Trinajstić information content (AvgIpc) is 2.74. The number of hydrogen-bond acceptors (Lipinski definition) is 4. The second-order valence-electron chi connectivity index (χ2n) is 3.10. The zero-order chi connectivity index (χ0) is 10.7. The minimum atomic E-state index is -0.0983. The fourth-order valence-corrected chi connectivity index (χ4v) is 1.97. The summed E-state index contributed by atoms with van der Waals surface area (Å²) in [7, 11) is 0. The van der Waals surface area contributed by atoms with E-state index >= 15 is 0 Å². The van der Waals surface area contributed by atoms with Crippen LogP contribution in [0.5, 0.6) is 0 Å². The highest BCUT2D eigenvalue weighted by Gasteiger charge is 2.04. The van der Waals surface area contributed by atoms with Crippen molar-refractivity contribution in [1.82, 2.24) is 9.97 Å². The van der Waals surface area contributed by atoms with Crippen molar-refractivity contribution >= 4 is 11.3 Å². The van der Waals surface area contributed by atoms with Gasteiger partial charge in [-0.15, -0.1) is 11.3 Å². The molecule has 0 atom stereocenters. The Morgan fingerprint density at radius 2 is 2.40 bits per heavy atom. The maximum atomic E-state index is 11.6. The Balaban J connectivity index is 2.38. The molecule has 2 aromatic rings. The van der Waals surface area contributed by atoms with Gasteiger partial charge in [0.15, 0.2) is 0 Å². The summed E-state index contributed by atoms with van der Waals surface area (Å²) in [5, 5.41) is 1.95. The van der Waals surface area contributed by atoms with Crippen molar-refractivity contribution in [3.8, 4) is 10.7 Å². The Labute approximate surface area is 90.8 Å². The first kappa shape index (κ1) is 10.1. The van der Waals surface area contributed by atoms with E-state index in [0.717, 1.165) is 4.88 Å². The van der Waals surface area contributed by atoms with Crippen LogP contribution in [-0.4, -0.2) is 16.5 Å². The lowest BCUT2D eigenvalue weighted by molar-refractivity contribution is 0.925. The zero-order valence-electron chi connectivity index (χ0n) is 8.06. The number of rotatable bonds is 3. The molecule has 15 heavy (non-hydrogen) atoms. The number of aromatic amines is 1. The molecule has 2 aromatic heterocycles. The molecule has 78 valence electrons. The van der Waals surface area contributed by atoms with Crippen LogP contribution in [0.3, 0.4) is 0 Å². The molecule has 4 nitrogen and oxygen atoms in total. The number of thiophene rings is 1. The van der Waals surface area contributed by atoms with E-state index in [2.05, 4.69) is 9.97 Å². The van der Waals surface area contributed by atoms with Crippen LogP contribution in [0, 0.1) is 0 Å². The molecule has 0 saturated heterocycles. The molecule has 2 heterocycles. The van der Waals surface area contributed by atoms with Crippen LogP contribution >= 0.6 is 11.3 Å². The predicted molar refractivity (Wildman–Crippen MR) is 60.9 cm³/mol. The Morgan fingerprint density at radius 3 is 3.00 bits per heavy atom. The molecule has 0 amide bonds. The highest BCUT2D eigenvalue weighted by Crippen LogP contribution is 2.19. The smallest absolute Gasteiger partial charge is 0.254 e. The number of hydrogen-bond donors (Lipinski definition) is 2. The van der Waals surface area contributed by atoms with Crippen molar-refractivity contribution in [2.24, 2.45) is 5.73 Å². The van der Waals surface area contributed by atoms with Crippen molar-refractivity contribution in [3.63, 3.8) is 0 Å². The Bertz CT molecular complexity index is 490. The molecule has 3 N–H and O–H groups in total. The number of H-pyrrole nitrogens is 1. The molecule has 0 aliphatic rings. The van der Waals surface area contributed by atoms with Crippen LogP contribution < -0.4 is 11.3 Å². The molecule has 0 spiro atoms. The third kappa shape index (κ3) is 2.14. The fraction of sp³-hybridized carbons (Fsp3) is 0.200. The molecule has 2 rings (SSSR count). The van der Waals surface area contributed by atoms with E-state index < -0.39 is 0 Å². The molecular formula is C10H11N3OS. The molecule has 5 heteroatoms. The van der Waals surface area contributed by atoms with Crippen molar-refractivity contribution in [3.05, 3.63) is 39.6 Å². The summed E-state index contributed by atoms with van der Waals surface area (Å²) in [4.78, 5) is 19.5. The standard InChI is InChI=1S/C10H11N3OS/c11-4-3-7-6-12-9(13-10(7)14)8-2-1-5-15-8/h1-2,5-6H,3-4,11H2,(H,12,13,14). The number of aromatic nitrogens is 2. The van der Waals surface area contributed by atoms with Crippen LogP contribution in [0.25, 0.3) is 10.7 Å². The molecule has 0 aromatic carbocycles. The summed E-state index contributed by atoms with van der Waals surface area (Å²) in [6.07, 6.45) is 2.16. The summed E-state index contributed by atoms with van der Waals surface area (Å²) >= 11 is 1.55. The summed E-state index contributed by atoms with van der Waals surface area (Å²) in [6, 6.07) is 3.85. The summed E-state index contributed by atoms with van der Waals surface area (Å²) in [6.45, 7) is 0.461. The van der Waals surface area contributed by atoms with Gasteiger partial charge in [0, 0.05) is 11.8 Å². The van der Waals surface area contributed by atoms with Gasteiger partial charge >= 0.3 is 0 Å². The van der Waals surface area contributed by atoms with E-state index in [1.807, 2.05) is 17.5 Å². The second-order valence-corrected chi connectivity index (χ2v) is 4.05. The van der Waals surface area contributed by atoms with Crippen LogP contribution in [0.1, 0.15) is 5.56 Å². The predicted octanol–water partition coefficient (Wildman–Crippen LogP) is 1.000. The Hall–Kier alpha value is -1.46. The highest BCUT2D eigenvalue weighted by atomic mass is 32.1. The first-order valence-corrected chi connectivity index (χ1v) is 5.51. The molecule has 0 radical (unpaired) electrons. The minimum absolute atomic E-state index is 0.0983. The quantitative estimate of drug-likeness (QED) is 0.812. The molecule has 0 aliphatic carbocycles. The lowest BCUT2D eigenvalue weighted by atomic mass is 10.2. The summed E-state index contributed by atoms with van der Waals surface area (Å²) in [5.74, 6) is 0.621.